The summed E-state index contributed by atoms with van der Waals surface area (Å²) in [6.07, 6.45) is 3.86. The number of benzene rings is 1. The van der Waals surface area contributed by atoms with Crippen molar-refractivity contribution in [2.24, 2.45) is 11.7 Å². The van der Waals surface area contributed by atoms with E-state index in [1.807, 2.05) is 29.2 Å². The smallest absolute Gasteiger partial charge is 0.312 e. The molecule has 3 rings (SSSR count). The van der Waals surface area contributed by atoms with Gasteiger partial charge in [0.2, 0.25) is 5.91 Å². The van der Waals surface area contributed by atoms with Crippen LogP contribution in [-0.2, 0) is 4.79 Å². The quantitative estimate of drug-likeness (QED) is 0.887. The number of hydrogen-bond donors (Lipinski definition) is 2. The van der Waals surface area contributed by atoms with Crippen molar-refractivity contribution in [3.8, 4) is 0 Å². The number of urea groups is 1. The fraction of sp³-hybridized carbons (Fsp3) is 0.529. The van der Waals surface area contributed by atoms with Crippen molar-refractivity contribution in [2.45, 2.75) is 37.6 Å². The molecule has 3 atom stereocenters. The minimum atomic E-state index is -0.539. The molecule has 0 radical (unpaired) electrons. The number of carbonyl (C=O) groups is 2. The van der Waals surface area contributed by atoms with Crippen molar-refractivity contribution >= 4 is 23.5 Å². The van der Waals surface area contributed by atoms with Crippen molar-refractivity contribution in [3.05, 3.63) is 34.9 Å². The molecule has 6 heteroatoms. The number of carbonyl (C=O) groups excluding carboxylic acids is 2. The maximum absolute atomic E-state index is 12.8. The van der Waals surface area contributed by atoms with Gasteiger partial charge in [-0.2, -0.15) is 0 Å². The molecule has 3 unspecified atom stereocenters. The molecule has 1 saturated heterocycles. The maximum Gasteiger partial charge on any atom is 0.312 e. The van der Waals surface area contributed by atoms with E-state index in [2.05, 4.69) is 5.32 Å². The number of nitrogens with zero attached hydrogens (tertiary/aromatic N) is 1. The van der Waals surface area contributed by atoms with Crippen LogP contribution in [-0.4, -0.2) is 36.0 Å². The average Bonchev–Trinajstić information content (AvgIpc) is 3.33. The summed E-state index contributed by atoms with van der Waals surface area (Å²) < 4.78 is 0. The number of nitrogens with one attached hydrogen (secondary N) is 1. The molecule has 1 heterocycles. The van der Waals surface area contributed by atoms with Crippen molar-refractivity contribution < 1.29 is 9.59 Å². The summed E-state index contributed by atoms with van der Waals surface area (Å²) in [6.45, 7) is 1.19. The Morgan fingerprint density at radius 3 is 2.83 bits per heavy atom. The lowest BCUT2D eigenvalue weighted by Crippen LogP contribution is -2.50. The van der Waals surface area contributed by atoms with E-state index in [1.165, 1.54) is 0 Å². The summed E-state index contributed by atoms with van der Waals surface area (Å²) in [5.41, 5.74) is 6.22. The molecule has 23 heavy (non-hydrogen) atoms. The van der Waals surface area contributed by atoms with Gasteiger partial charge < -0.3 is 16.0 Å². The SMILES string of the molecule is NC(=O)NCC1CCCCN1C(=O)C1CC1c1ccccc1Cl. The van der Waals surface area contributed by atoms with Crippen LogP contribution in [0, 0.1) is 5.92 Å². The third-order valence-corrected chi connectivity index (χ3v) is 5.18. The lowest BCUT2D eigenvalue weighted by molar-refractivity contribution is -0.136. The molecule has 1 aliphatic heterocycles. The first-order chi connectivity index (χ1) is 11.1. The van der Waals surface area contributed by atoms with Crippen molar-refractivity contribution in [1.29, 1.82) is 0 Å². The molecule has 2 fully saturated rings. The second-order valence-electron chi connectivity index (χ2n) is 6.40. The highest BCUT2D eigenvalue weighted by molar-refractivity contribution is 6.31. The van der Waals surface area contributed by atoms with E-state index in [1.54, 1.807) is 0 Å². The molecule has 3 N–H and O–H groups in total. The predicted molar refractivity (Wildman–Crippen MR) is 89.2 cm³/mol. The molecule has 5 nitrogen and oxygen atoms in total. The molecule has 1 aliphatic carbocycles. The molecule has 1 saturated carbocycles. The van der Waals surface area contributed by atoms with E-state index in [0.29, 0.717) is 6.54 Å². The van der Waals surface area contributed by atoms with E-state index in [-0.39, 0.29) is 23.8 Å². The number of rotatable bonds is 4. The molecular formula is C17H22ClN3O2. The van der Waals surface area contributed by atoms with Crippen LogP contribution in [0.2, 0.25) is 5.02 Å². The summed E-state index contributed by atoms with van der Waals surface area (Å²) in [4.78, 5) is 25.7. The Balaban J connectivity index is 1.65. The summed E-state index contributed by atoms with van der Waals surface area (Å²) in [7, 11) is 0. The molecule has 0 aromatic heterocycles. The van der Waals surface area contributed by atoms with Crippen LogP contribution in [0.25, 0.3) is 0 Å². The lowest BCUT2D eigenvalue weighted by Gasteiger charge is -2.36. The fourth-order valence-corrected chi connectivity index (χ4v) is 3.80. The first-order valence-electron chi connectivity index (χ1n) is 8.16. The number of halogens is 1. The Kier molecular flexibility index (Phi) is 4.76. The number of hydrogen-bond acceptors (Lipinski definition) is 2. The zero-order valence-corrected chi connectivity index (χ0v) is 13.8. The first kappa shape index (κ1) is 16.1. The molecule has 1 aromatic rings. The van der Waals surface area contributed by atoms with Crippen molar-refractivity contribution in [2.75, 3.05) is 13.1 Å². The Labute approximate surface area is 141 Å². The molecule has 0 bridgehead atoms. The van der Waals surface area contributed by atoms with Crippen LogP contribution in [0.15, 0.2) is 24.3 Å². The molecule has 3 amide bonds. The lowest BCUT2D eigenvalue weighted by atomic mass is 10.0. The monoisotopic (exact) mass is 335 g/mol. The normalized spacial score (nSPS) is 26.7. The summed E-state index contributed by atoms with van der Waals surface area (Å²) in [5.74, 6) is 0.429. The van der Waals surface area contributed by atoms with E-state index in [9.17, 15) is 9.59 Å². The third kappa shape index (κ3) is 3.61. The summed E-state index contributed by atoms with van der Waals surface area (Å²) in [6, 6.07) is 7.25. The summed E-state index contributed by atoms with van der Waals surface area (Å²) >= 11 is 6.24. The molecule has 0 spiro atoms. The zero-order valence-electron chi connectivity index (χ0n) is 13.0. The van der Waals surface area contributed by atoms with Gasteiger partial charge in [-0.3, -0.25) is 4.79 Å². The van der Waals surface area contributed by atoms with Gasteiger partial charge in [0.15, 0.2) is 0 Å². The van der Waals surface area contributed by atoms with Crippen LogP contribution >= 0.6 is 11.6 Å². The average molecular weight is 336 g/mol. The van der Waals surface area contributed by atoms with Crippen LogP contribution in [0.5, 0.6) is 0 Å². The second kappa shape index (κ2) is 6.79. The van der Waals surface area contributed by atoms with Gasteiger partial charge in [0.05, 0.1) is 0 Å². The highest BCUT2D eigenvalue weighted by Crippen LogP contribution is 2.50. The van der Waals surface area contributed by atoms with Gasteiger partial charge in [-0.25, -0.2) is 4.79 Å². The number of piperidine rings is 1. The standard InChI is InChI=1S/C17H22ClN3O2/c18-15-7-2-1-6-12(15)13-9-14(13)16(22)21-8-4-3-5-11(21)10-20-17(19)23/h1-2,6-7,11,13-14H,3-5,8-10H2,(H3,19,20,23). The number of nitrogens with two attached hydrogens (primary N) is 1. The topological polar surface area (TPSA) is 75.4 Å². The molecular weight excluding hydrogens is 314 g/mol. The largest absolute Gasteiger partial charge is 0.352 e. The minimum Gasteiger partial charge on any atom is -0.352 e. The van der Waals surface area contributed by atoms with Crippen LogP contribution in [0.4, 0.5) is 4.79 Å². The van der Waals surface area contributed by atoms with Crippen molar-refractivity contribution in [1.82, 2.24) is 10.2 Å². The zero-order chi connectivity index (χ0) is 16.4. The van der Waals surface area contributed by atoms with Gasteiger partial charge in [-0.05, 0) is 43.2 Å². The van der Waals surface area contributed by atoms with Gasteiger partial charge in [-0.1, -0.05) is 29.8 Å². The predicted octanol–water partition coefficient (Wildman–Crippen LogP) is 2.49. The number of amides is 3. The van der Waals surface area contributed by atoms with E-state index in [4.69, 9.17) is 17.3 Å². The number of primary amides is 1. The Morgan fingerprint density at radius 1 is 1.30 bits per heavy atom. The van der Waals surface area contributed by atoms with Gasteiger partial charge >= 0.3 is 6.03 Å². The molecule has 124 valence electrons. The fourth-order valence-electron chi connectivity index (χ4n) is 3.52. The van der Waals surface area contributed by atoms with E-state index < -0.39 is 6.03 Å². The van der Waals surface area contributed by atoms with E-state index in [0.717, 1.165) is 42.8 Å². The van der Waals surface area contributed by atoms with Crippen LogP contribution in [0.1, 0.15) is 37.2 Å². The summed E-state index contributed by atoms with van der Waals surface area (Å²) in [5, 5.41) is 3.37. The number of likely N-dealkylation sites (tertiary alicyclic amines) is 1. The van der Waals surface area contributed by atoms with Gasteiger partial charge in [0, 0.05) is 30.1 Å². The maximum atomic E-state index is 12.8. The van der Waals surface area contributed by atoms with Crippen LogP contribution < -0.4 is 11.1 Å². The Bertz CT molecular complexity index is 607. The van der Waals surface area contributed by atoms with Crippen LogP contribution in [0.3, 0.4) is 0 Å². The van der Waals surface area contributed by atoms with E-state index >= 15 is 0 Å². The second-order valence-corrected chi connectivity index (χ2v) is 6.80. The minimum absolute atomic E-state index is 0.0177. The Hall–Kier alpha value is -1.75. The molecule has 2 aliphatic rings. The van der Waals surface area contributed by atoms with Gasteiger partial charge in [-0.15, -0.1) is 0 Å². The van der Waals surface area contributed by atoms with Crippen molar-refractivity contribution in [3.63, 3.8) is 0 Å². The molecule has 1 aromatic carbocycles. The highest BCUT2D eigenvalue weighted by Gasteiger charge is 2.47. The van der Waals surface area contributed by atoms with Gasteiger partial charge in [0.25, 0.3) is 0 Å². The third-order valence-electron chi connectivity index (χ3n) is 4.83. The Morgan fingerprint density at radius 2 is 2.09 bits per heavy atom. The first-order valence-corrected chi connectivity index (χ1v) is 8.54. The van der Waals surface area contributed by atoms with Gasteiger partial charge in [0.1, 0.15) is 0 Å². The highest BCUT2D eigenvalue weighted by atomic mass is 35.5.